The van der Waals surface area contributed by atoms with Crippen molar-refractivity contribution in [3.05, 3.63) is 12.2 Å². The molecule has 0 radical (unpaired) electrons. The maximum atomic E-state index is 13.8. The SMILES string of the molecule is CCCCCCCCCCCCCCCC(=O)N(CC=CCN(C(=O)CCCCCCCCCCCCCCC)C(C)CCCN(CC)CC)C(C)CCCN(CC)CC. The van der Waals surface area contributed by atoms with E-state index in [4.69, 9.17) is 0 Å². The van der Waals surface area contributed by atoms with E-state index in [2.05, 4.69) is 87.1 Å². The van der Waals surface area contributed by atoms with Crippen molar-refractivity contribution >= 4 is 11.8 Å². The van der Waals surface area contributed by atoms with Crippen LogP contribution >= 0.6 is 0 Å². The third-order valence-electron chi connectivity index (χ3n) is 13.4. The van der Waals surface area contributed by atoms with Gasteiger partial charge in [-0.2, -0.15) is 0 Å². The van der Waals surface area contributed by atoms with Crippen LogP contribution in [0, 0.1) is 0 Å². The fourth-order valence-electron chi connectivity index (χ4n) is 8.92. The summed E-state index contributed by atoms with van der Waals surface area (Å²) >= 11 is 0. The molecule has 2 amide bonds. The Morgan fingerprint density at radius 1 is 0.367 bits per heavy atom. The molecule has 0 bridgehead atoms. The van der Waals surface area contributed by atoms with Crippen LogP contribution < -0.4 is 0 Å². The highest BCUT2D eigenvalue weighted by Crippen LogP contribution is 2.18. The number of rotatable bonds is 46. The number of hydrogen-bond donors (Lipinski definition) is 0. The van der Waals surface area contributed by atoms with Crippen molar-refractivity contribution in [1.29, 1.82) is 0 Å². The van der Waals surface area contributed by atoms with Crippen molar-refractivity contribution in [1.82, 2.24) is 19.6 Å². The molecule has 0 N–H and O–H groups in total. The third kappa shape index (κ3) is 34.1. The molecule has 0 aromatic carbocycles. The second kappa shape index (κ2) is 44.2. The largest absolute Gasteiger partial charge is 0.336 e. The maximum absolute atomic E-state index is 13.8. The van der Waals surface area contributed by atoms with Gasteiger partial charge in [0, 0.05) is 38.0 Å². The molecular weight excluding hydrogens is 737 g/mol. The van der Waals surface area contributed by atoms with E-state index in [-0.39, 0.29) is 12.1 Å². The van der Waals surface area contributed by atoms with Gasteiger partial charge in [-0.15, -0.1) is 0 Å². The summed E-state index contributed by atoms with van der Waals surface area (Å²) in [5.41, 5.74) is 0. The second-order valence-electron chi connectivity index (χ2n) is 18.6. The summed E-state index contributed by atoms with van der Waals surface area (Å²) in [6.07, 6.45) is 44.3. The van der Waals surface area contributed by atoms with Crippen LogP contribution in [0.3, 0.4) is 0 Å². The molecule has 0 aliphatic heterocycles. The Kier molecular flexibility index (Phi) is 43.2. The molecule has 0 aliphatic carbocycles. The normalized spacial score (nSPS) is 12.9. The van der Waals surface area contributed by atoms with Gasteiger partial charge >= 0.3 is 0 Å². The molecule has 2 unspecified atom stereocenters. The van der Waals surface area contributed by atoms with Gasteiger partial charge in [-0.25, -0.2) is 0 Å². The summed E-state index contributed by atoms with van der Waals surface area (Å²) < 4.78 is 0. The van der Waals surface area contributed by atoms with E-state index in [9.17, 15) is 9.59 Å². The molecule has 0 saturated heterocycles. The molecule has 0 rings (SSSR count). The van der Waals surface area contributed by atoms with Crippen LogP contribution in [0.4, 0.5) is 0 Å². The first kappa shape index (κ1) is 58.6. The smallest absolute Gasteiger partial charge is 0.223 e. The van der Waals surface area contributed by atoms with Crippen LogP contribution in [-0.2, 0) is 9.59 Å². The molecule has 0 aliphatic rings. The molecule has 0 saturated carbocycles. The number of hydrogen-bond acceptors (Lipinski definition) is 4. The number of amides is 2. The summed E-state index contributed by atoms with van der Waals surface area (Å²) in [7, 11) is 0. The van der Waals surface area contributed by atoms with Crippen molar-refractivity contribution in [2.45, 2.75) is 273 Å². The van der Waals surface area contributed by atoms with Crippen molar-refractivity contribution in [2.75, 3.05) is 52.4 Å². The lowest BCUT2D eigenvalue weighted by atomic mass is 10.0. The Morgan fingerprint density at radius 3 is 0.867 bits per heavy atom. The zero-order chi connectivity index (χ0) is 44.3. The minimum absolute atomic E-state index is 0.215. The van der Waals surface area contributed by atoms with E-state index in [1.165, 1.54) is 141 Å². The van der Waals surface area contributed by atoms with Gasteiger partial charge in [-0.3, -0.25) is 9.59 Å². The number of unbranched alkanes of at least 4 members (excludes halogenated alkanes) is 24. The fourth-order valence-corrected chi connectivity index (χ4v) is 8.92. The van der Waals surface area contributed by atoms with Gasteiger partial charge in [0.1, 0.15) is 0 Å². The van der Waals surface area contributed by atoms with E-state index in [0.29, 0.717) is 37.7 Å². The van der Waals surface area contributed by atoms with Gasteiger partial charge in [-0.05, 0) is 91.6 Å². The van der Waals surface area contributed by atoms with Crippen LogP contribution in [0.2, 0.25) is 0 Å². The summed E-state index contributed by atoms with van der Waals surface area (Å²) in [4.78, 5) is 36.8. The van der Waals surface area contributed by atoms with Crippen LogP contribution in [-0.4, -0.2) is 95.9 Å². The van der Waals surface area contributed by atoms with Crippen molar-refractivity contribution < 1.29 is 9.59 Å². The first-order valence-electron chi connectivity index (χ1n) is 27.0. The molecule has 0 fully saturated rings. The lowest BCUT2D eigenvalue weighted by molar-refractivity contribution is -0.134. The van der Waals surface area contributed by atoms with Crippen molar-refractivity contribution in [2.24, 2.45) is 0 Å². The average Bonchev–Trinajstić information content (AvgIpc) is 3.25. The lowest BCUT2D eigenvalue weighted by Crippen LogP contribution is -2.40. The molecule has 0 aromatic rings. The molecular formula is C54H108N4O2. The van der Waals surface area contributed by atoms with Gasteiger partial charge in [0.25, 0.3) is 0 Å². The van der Waals surface area contributed by atoms with Gasteiger partial charge in [-0.1, -0.05) is 208 Å². The summed E-state index contributed by atoms with van der Waals surface area (Å²) in [5, 5.41) is 0. The average molecular weight is 845 g/mol. The Balaban J connectivity index is 5.15. The topological polar surface area (TPSA) is 47.1 Å². The van der Waals surface area contributed by atoms with Crippen LogP contribution in [0.25, 0.3) is 0 Å². The quantitative estimate of drug-likeness (QED) is 0.0452. The monoisotopic (exact) mass is 845 g/mol. The first-order chi connectivity index (χ1) is 29.3. The zero-order valence-electron chi connectivity index (χ0n) is 42.2. The van der Waals surface area contributed by atoms with Crippen molar-refractivity contribution in [3.63, 3.8) is 0 Å². The van der Waals surface area contributed by atoms with E-state index in [1.807, 2.05) is 0 Å². The van der Waals surface area contributed by atoms with Gasteiger partial charge < -0.3 is 19.6 Å². The first-order valence-corrected chi connectivity index (χ1v) is 27.0. The van der Waals surface area contributed by atoms with Gasteiger partial charge in [0.2, 0.25) is 11.8 Å². The molecule has 6 heteroatoms. The second-order valence-corrected chi connectivity index (χ2v) is 18.6. The van der Waals surface area contributed by atoms with Gasteiger partial charge in [0.15, 0.2) is 0 Å². The minimum Gasteiger partial charge on any atom is -0.336 e. The van der Waals surface area contributed by atoms with E-state index < -0.39 is 0 Å². The molecule has 356 valence electrons. The lowest BCUT2D eigenvalue weighted by Gasteiger charge is -2.30. The molecule has 2 atom stereocenters. The molecule has 0 heterocycles. The Hall–Kier alpha value is -1.40. The van der Waals surface area contributed by atoms with Crippen LogP contribution in [0.15, 0.2) is 12.2 Å². The summed E-state index contributed by atoms with van der Waals surface area (Å²) in [6.45, 7) is 25.8. The molecule has 0 spiro atoms. The number of nitrogens with zero attached hydrogens (tertiary/aromatic N) is 4. The highest BCUT2D eigenvalue weighted by molar-refractivity contribution is 5.77. The predicted octanol–water partition coefficient (Wildman–Crippen LogP) is 15.2. The highest BCUT2D eigenvalue weighted by atomic mass is 16.2. The predicted molar refractivity (Wildman–Crippen MR) is 266 cm³/mol. The van der Waals surface area contributed by atoms with Gasteiger partial charge in [0.05, 0.1) is 0 Å². The minimum atomic E-state index is 0.215. The standard InChI is InChI=1S/C54H108N4O2/c1-9-15-17-19-21-23-25-27-29-31-33-35-37-45-53(59)57(51(7)43-41-47-55(11-3)12-4)49-39-40-50-58(52(8)44-42-48-56(13-5)14-6)54(60)46-38-36-34-32-30-28-26-24-22-20-18-16-10-2/h39-40,51-52H,9-38,41-50H2,1-8H3. The third-order valence-corrected chi connectivity index (χ3v) is 13.4. The zero-order valence-corrected chi connectivity index (χ0v) is 42.2. The summed E-state index contributed by atoms with van der Waals surface area (Å²) in [6, 6.07) is 0.430. The number of carbonyl (C=O) groups is 2. The molecule has 6 nitrogen and oxygen atoms in total. The summed E-state index contributed by atoms with van der Waals surface area (Å²) in [5.74, 6) is 0.608. The fraction of sp³-hybridized carbons (Fsp3) is 0.926. The van der Waals surface area contributed by atoms with E-state index in [1.54, 1.807) is 0 Å². The van der Waals surface area contributed by atoms with E-state index >= 15 is 0 Å². The Morgan fingerprint density at radius 2 is 0.617 bits per heavy atom. The molecule has 60 heavy (non-hydrogen) atoms. The van der Waals surface area contributed by atoms with E-state index in [0.717, 1.165) is 90.6 Å². The van der Waals surface area contributed by atoms with Crippen LogP contribution in [0.1, 0.15) is 261 Å². The Labute approximate surface area is 377 Å². The Bertz CT molecular complexity index is 874. The van der Waals surface area contributed by atoms with Crippen molar-refractivity contribution in [3.8, 4) is 0 Å². The van der Waals surface area contributed by atoms with Crippen LogP contribution in [0.5, 0.6) is 0 Å². The molecule has 0 aromatic heterocycles. The highest BCUT2D eigenvalue weighted by Gasteiger charge is 2.21. The maximum Gasteiger partial charge on any atom is 0.223 e. The number of carbonyl (C=O) groups excluding carboxylic acids is 2.